The molecule has 1 aliphatic rings. The number of esters is 2. The highest BCUT2D eigenvalue weighted by Crippen LogP contribution is 2.15. The molecule has 2 N–H and O–H groups in total. The highest BCUT2D eigenvalue weighted by molar-refractivity contribution is 5.94. The molecule has 2 rings (SSSR count). The second kappa shape index (κ2) is 11.6. The minimum absolute atomic E-state index is 0.0579. The molecule has 1 aromatic rings. The van der Waals surface area contributed by atoms with Crippen molar-refractivity contribution in [3.8, 4) is 0 Å². The van der Waals surface area contributed by atoms with Crippen LogP contribution in [0.15, 0.2) is 42.5 Å². The van der Waals surface area contributed by atoms with E-state index in [-0.39, 0.29) is 25.4 Å². The number of benzene rings is 1. The van der Waals surface area contributed by atoms with E-state index in [4.69, 9.17) is 9.47 Å². The van der Waals surface area contributed by atoms with Crippen LogP contribution in [0, 0.1) is 11.8 Å². The second-order valence-corrected chi connectivity index (χ2v) is 9.52. The molecule has 0 aromatic heterocycles. The third-order valence-corrected chi connectivity index (χ3v) is 4.94. The molecule has 1 heterocycles. The molecule has 0 aliphatic carbocycles. The van der Waals surface area contributed by atoms with Crippen LogP contribution < -0.4 is 10.6 Å². The van der Waals surface area contributed by atoms with Crippen molar-refractivity contribution < 1.29 is 28.7 Å². The molecule has 0 fully saturated rings. The monoisotopic (exact) mass is 458 g/mol. The fourth-order valence-corrected chi connectivity index (χ4v) is 3.33. The van der Waals surface area contributed by atoms with Gasteiger partial charge < -0.3 is 20.1 Å². The van der Waals surface area contributed by atoms with E-state index in [0.29, 0.717) is 0 Å². The van der Waals surface area contributed by atoms with Gasteiger partial charge in [0.25, 0.3) is 0 Å². The summed E-state index contributed by atoms with van der Waals surface area (Å²) in [6.45, 7) is 8.76. The topological polar surface area (TPSA) is 111 Å². The summed E-state index contributed by atoms with van der Waals surface area (Å²) in [6, 6.07) is 7.48. The lowest BCUT2D eigenvalue weighted by Gasteiger charge is -2.26. The van der Waals surface area contributed by atoms with Crippen molar-refractivity contribution in [2.75, 3.05) is 6.61 Å². The third kappa shape index (κ3) is 9.08. The summed E-state index contributed by atoms with van der Waals surface area (Å²) in [7, 11) is 0. The Kier molecular flexibility index (Phi) is 9.20. The lowest BCUT2D eigenvalue weighted by Crippen LogP contribution is -2.54. The molecular formula is C25H34N2O6. The summed E-state index contributed by atoms with van der Waals surface area (Å²) in [5.41, 5.74) is 0.192. The SMILES string of the molecule is CC(C)[C@@H]1NC(=O)/C=C/[C@@H](CC(=O)OC(C)(C)C)COC(=O)[C@H](Cc2ccccc2)NC1=O. The van der Waals surface area contributed by atoms with E-state index >= 15 is 0 Å². The molecule has 0 saturated carbocycles. The highest BCUT2D eigenvalue weighted by atomic mass is 16.6. The van der Waals surface area contributed by atoms with E-state index in [0.717, 1.165) is 5.56 Å². The molecule has 3 atom stereocenters. The van der Waals surface area contributed by atoms with Crippen molar-refractivity contribution in [2.45, 2.75) is 65.1 Å². The van der Waals surface area contributed by atoms with Gasteiger partial charge in [0.05, 0.1) is 13.0 Å². The van der Waals surface area contributed by atoms with Gasteiger partial charge >= 0.3 is 11.9 Å². The Hall–Kier alpha value is -3.16. The van der Waals surface area contributed by atoms with Gasteiger partial charge in [-0.2, -0.15) is 0 Å². The number of nitrogens with one attached hydrogen (secondary N) is 2. The molecule has 0 unspecified atom stereocenters. The van der Waals surface area contributed by atoms with E-state index < -0.39 is 47.4 Å². The molecule has 33 heavy (non-hydrogen) atoms. The fourth-order valence-electron chi connectivity index (χ4n) is 3.33. The standard InChI is InChI=1S/C25H34N2O6/c1-16(2)22-23(30)26-19(13-17-9-7-6-8-10-17)24(31)32-15-18(11-12-20(28)27-22)14-21(29)33-25(3,4)5/h6-12,16,18-19,22H,13-15H2,1-5H3,(H,26,30)(H,27,28)/b12-11+/t18-,19-,22-/m0/s1. The lowest BCUT2D eigenvalue weighted by atomic mass is 10.0. The minimum atomic E-state index is -0.941. The largest absolute Gasteiger partial charge is 0.464 e. The smallest absolute Gasteiger partial charge is 0.329 e. The molecule has 2 amide bonds. The van der Waals surface area contributed by atoms with Crippen LogP contribution in [-0.4, -0.2) is 48.0 Å². The number of hydrogen-bond donors (Lipinski definition) is 2. The fraction of sp³-hybridized carbons (Fsp3) is 0.520. The average Bonchev–Trinajstić information content (AvgIpc) is 2.71. The Morgan fingerprint density at radius 2 is 1.79 bits per heavy atom. The van der Waals surface area contributed by atoms with Gasteiger partial charge in [0.1, 0.15) is 17.7 Å². The summed E-state index contributed by atoms with van der Waals surface area (Å²) >= 11 is 0. The second-order valence-electron chi connectivity index (χ2n) is 9.52. The molecule has 8 heteroatoms. The van der Waals surface area contributed by atoms with Crippen LogP contribution in [0.25, 0.3) is 0 Å². The van der Waals surface area contributed by atoms with Crippen LogP contribution in [0.5, 0.6) is 0 Å². The first-order chi connectivity index (χ1) is 15.4. The van der Waals surface area contributed by atoms with Gasteiger partial charge in [-0.1, -0.05) is 50.3 Å². The number of rotatable bonds is 5. The maximum Gasteiger partial charge on any atom is 0.329 e. The minimum Gasteiger partial charge on any atom is -0.464 e. The Morgan fingerprint density at radius 1 is 1.12 bits per heavy atom. The van der Waals surface area contributed by atoms with E-state index in [2.05, 4.69) is 10.6 Å². The van der Waals surface area contributed by atoms with Gasteiger partial charge in [0.2, 0.25) is 11.8 Å². The van der Waals surface area contributed by atoms with Crippen molar-refractivity contribution in [1.29, 1.82) is 0 Å². The lowest BCUT2D eigenvalue weighted by molar-refractivity contribution is -0.158. The van der Waals surface area contributed by atoms with Crippen molar-refractivity contribution in [3.05, 3.63) is 48.0 Å². The van der Waals surface area contributed by atoms with Crippen LogP contribution in [0.4, 0.5) is 0 Å². The summed E-state index contributed by atoms with van der Waals surface area (Å²) in [6.07, 6.45) is 2.94. The van der Waals surface area contributed by atoms with E-state index in [1.54, 1.807) is 34.6 Å². The zero-order valence-electron chi connectivity index (χ0n) is 19.9. The van der Waals surface area contributed by atoms with Gasteiger partial charge in [-0.05, 0) is 38.3 Å². The Labute approximate surface area is 195 Å². The molecule has 0 bridgehead atoms. The number of carbonyl (C=O) groups excluding carboxylic acids is 4. The normalized spacial score (nSPS) is 23.5. The van der Waals surface area contributed by atoms with Crippen molar-refractivity contribution in [1.82, 2.24) is 10.6 Å². The van der Waals surface area contributed by atoms with Gasteiger partial charge in [-0.15, -0.1) is 0 Å². The van der Waals surface area contributed by atoms with Gasteiger partial charge in [0, 0.05) is 12.3 Å². The third-order valence-electron chi connectivity index (χ3n) is 4.94. The van der Waals surface area contributed by atoms with Crippen LogP contribution in [0.2, 0.25) is 0 Å². The summed E-state index contributed by atoms with van der Waals surface area (Å²) < 4.78 is 10.8. The summed E-state index contributed by atoms with van der Waals surface area (Å²) in [5.74, 6) is -2.77. The van der Waals surface area contributed by atoms with E-state index in [1.807, 2.05) is 30.3 Å². The summed E-state index contributed by atoms with van der Waals surface area (Å²) in [5, 5.41) is 5.42. The van der Waals surface area contributed by atoms with Crippen molar-refractivity contribution in [2.24, 2.45) is 11.8 Å². The number of ether oxygens (including phenoxy) is 2. The Balaban J connectivity index is 2.27. The number of hydrogen-bond acceptors (Lipinski definition) is 6. The van der Waals surface area contributed by atoms with Gasteiger partial charge in [-0.3, -0.25) is 14.4 Å². The molecule has 0 spiro atoms. The van der Waals surface area contributed by atoms with Crippen molar-refractivity contribution >= 4 is 23.8 Å². The zero-order chi connectivity index (χ0) is 24.6. The predicted molar refractivity (Wildman–Crippen MR) is 123 cm³/mol. The number of carbonyl (C=O) groups is 4. The van der Waals surface area contributed by atoms with Crippen LogP contribution in [-0.2, 0) is 35.1 Å². The molecule has 1 aliphatic heterocycles. The summed E-state index contributed by atoms with van der Waals surface area (Å²) in [4.78, 5) is 50.6. The Morgan fingerprint density at radius 3 is 2.39 bits per heavy atom. The van der Waals surface area contributed by atoms with Crippen LogP contribution >= 0.6 is 0 Å². The molecule has 180 valence electrons. The maximum absolute atomic E-state index is 12.9. The number of cyclic esters (lactones) is 1. The van der Waals surface area contributed by atoms with E-state index in [9.17, 15) is 19.2 Å². The molecule has 0 radical (unpaired) electrons. The quantitative estimate of drug-likeness (QED) is 0.655. The molecule has 0 saturated heterocycles. The van der Waals surface area contributed by atoms with Gasteiger partial charge in [-0.25, -0.2) is 4.79 Å². The molecular weight excluding hydrogens is 424 g/mol. The number of amides is 2. The van der Waals surface area contributed by atoms with Gasteiger partial charge in [0.15, 0.2) is 0 Å². The molecule has 1 aromatic carbocycles. The average molecular weight is 459 g/mol. The Bertz CT molecular complexity index is 873. The van der Waals surface area contributed by atoms with E-state index in [1.165, 1.54) is 12.2 Å². The highest BCUT2D eigenvalue weighted by Gasteiger charge is 2.31. The first-order valence-electron chi connectivity index (χ1n) is 11.2. The maximum atomic E-state index is 12.9. The van der Waals surface area contributed by atoms with Crippen molar-refractivity contribution in [3.63, 3.8) is 0 Å². The molecule has 8 nitrogen and oxygen atoms in total. The predicted octanol–water partition coefficient (Wildman–Crippen LogP) is 2.32. The first kappa shape index (κ1) is 26.1. The van der Waals surface area contributed by atoms with Crippen LogP contribution in [0.1, 0.15) is 46.6 Å². The zero-order valence-corrected chi connectivity index (χ0v) is 19.9. The van der Waals surface area contributed by atoms with Crippen LogP contribution in [0.3, 0.4) is 0 Å². The first-order valence-corrected chi connectivity index (χ1v) is 11.2.